The first-order valence-electron chi connectivity index (χ1n) is 6.34. The van der Waals surface area contributed by atoms with Gasteiger partial charge < -0.3 is 14.5 Å². The molecule has 1 aliphatic rings. The molecule has 1 fully saturated rings. The van der Waals surface area contributed by atoms with Gasteiger partial charge >= 0.3 is 12.1 Å². The molecule has 2 heterocycles. The lowest BCUT2D eigenvalue weighted by atomic mass is 10.1. The number of oxazole rings is 1. The first kappa shape index (κ1) is 13.2. The fraction of sp³-hybridized carbons (Fsp3) is 0.462. The van der Waals surface area contributed by atoms with Gasteiger partial charge in [0.25, 0.3) is 0 Å². The predicted molar refractivity (Wildman–Crippen MR) is 66.5 cm³/mol. The zero-order valence-electron chi connectivity index (χ0n) is 10.5. The lowest BCUT2D eigenvalue weighted by molar-refractivity contribution is -0.156. The molecule has 0 radical (unpaired) electrons. The van der Waals surface area contributed by atoms with E-state index in [1.807, 2.05) is 0 Å². The number of aromatic nitrogens is 1. The van der Waals surface area contributed by atoms with E-state index in [9.17, 15) is 13.2 Å². The molecule has 20 heavy (non-hydrogen) atoms. The Morgan fingerprint density at radius 1 is 1.30 bits per heavy atom. The molecule has 2 aromatic rings. The average Bonchev–Trinajstić information content (AvgIpc) is 2.83. The molecule has 1 N–H and O–H groups in total. The van der Waals surface area contributed by atoms with Crippen LogP contribution in [0.5, 0.6) is 0 Å². The van der Waals surface area contributed by atoms with Crippen LogP contribution in [0, 0.1) is 0 Å². The van der Waals surface area contributed by atoms with Gasteiger partial charge in [-0.15, -0.1) is 0 Å². The summed E-state index contributed by atoms with van der Waals surface area (Å²) in [6.07, 6.45) is -2.61. The summed E-state index contributed by atoms with van der Waals surface area (Å²) in [5.74, 6) is -1.22. The first-order valence-corrected chi connectivity index (χ1v) is 6.34. The number of hydrogen-bond acceptors (Lipinski definition) is 4. The highest BCUT2D eigenvalue weighted by Crippen LogP contribution is 2.32. The molecule has 0 unspecified atom stereocenters. The summed E-state index contributed by atoms with van der Waals surface area (Å²) in [6, 6.07) is 4.91. The van der Waals surface area contributed by atoms with Crippen molar-refractivity contribution in [2.24, 2.45) is 0 Å². The smallest absolute Gasteiger partial charge is 0.433 e. The van der Waals surface area contributed by atoms with E-state index >= 15 is 0 Å². The molecular weight excluding hydrogens is 273 g/mol. The molecule has 0 spiro atoms. The van der Waals surface area contributed by atoms with Crippen LogP contribution >= 0.6 is 0 Å². The molecule has 0 saturated carbocycles. The van der Waals surface area contributed by atoms with Gasteiger partial charge in [0.15, 0.2) is 5.58 Å². The minimum absolute atomic E-state index is 0.128. The summed E-state index contributed by atoms with van der Waals surface area (Å²) in [5, 5.41) is 3.23. The van der Waals surface area contributed by atoms with Crippen molar-refractivity contribution in [1.29, 1.82) is 0 Å². The lowest BCUT2D eigenvalue weighted by Gasteiger charge is -2.24. The second-order valence-corrected chi connectivity index (χ2v) is 4.76. The van der Waals surface area contributed by atoms with Crippen molar-refractivity contribution in [2.45, 2.75) is 25.1 Å². The number of nitrogens with zero attached hydrogens (tertiary/aromatic N) is 1. The van der Waals surface area contributed by atoms with Gasteiger partial charge in [0.05, 0.1) is 6.61 Å². The zero-order chi connectivity index (χ0) is 14.2. The van der Waals surface area contributed by atoms with E-state index in [0.29, 0.717) is 6.61 Å². The molecule has 1 saturated heterocycles. The second-order valence-electron chi connectivity index (χ2n) is 4.76. The maximum atomic E-state index is 12.5. The number of ether oxygens (including phenoxy) is 1. The van der Waals surface area contributed by atoms with Gasteiger partial charge in [0.1, 0.15) is 5.52 Å². The highest BCUT2D eigenvalue weighted by atomic mass is 19.4. The van der Waals surface area contributed by atoms with Crippen LogP contribution < -0.4 is 5.32 Å². The topological polar surface area (TPSA) is 47.3 Å². The molecule has 1 aliphatic heterocycles. The van der Waals surface area contributed by atoms with Crippen molar-refractivity contribution < 1.29 is 22.3 Å². The van der Waals surface area contributed by atoms with Crippen molar-refractivity contribution in [1.82, 2.24) is 4.98 Å². The minimum Gasteiger partial charge on any atom is -0.433 e. The molecule has 0 amide bonds. The number of benzene rings is 1. The highest BCUT2D eigenvalue weighted by Gasteiger charge is 2.37. The maximum absolute atomic E-state index is 12.5. The fourth-order valence-corrected chi connectivity index (χ4v) is 2.23. The quantitative estimate of drug-likeness (QED) is 0.918. The van der Waals surface area contributed by atoms with E-state index in [1.54, 1.807) is 12.1 Å². The van der Waals surface area contributed by atoms with Crippen LogP contribution in [0.2, 0.25) is 0 Å². The Labute approximate surface area is 112 Å². The Morgan fingerprint density at radius 2 is 2.15 bits per heavy atom. The van der Waals surface area contributed by atoms with Crippen LogP contribution in [-0.2, 0) is 10.9 Å². The number of rotatable bonds is 2. The van der Waals surface area contributed by atoms with Gasteiger partial charge in [-0.3, -0.25) is 0 Å². The Balaban J connectivity index is 1.82. The largest absolute Gasteiger partial charge is 0.468 e. The fourth-order valence-electron chi connectivity index (χ4n) is 2.23. The number of hydrogen-bond donors (Lipinski definition) is 1. The minimum atomic E-state index is -4.57. The van der Waals surface area contributed by atoms with E-state index in [2.05, 4.69) is 14.7 Å². The molecular formula is C13H13F3N2O2. The van der Waals surface area contributed by atoms with Gasteiger partial charge in [-0.25, -0.2) is 4.98 Å². The van der Waals surface area contributed by atoms with Gasteiger partial charge in [0.2, 0.25) is 0 Å². The maximum Gasteiger partial charge on any atom is 0.468 e. The summed E-state index contributed by atoms with van der Waals surface area (Å²) < 4.78 is 47.6. The Bertz CT molecular complexity index is 603. The highest BCUT2D eigenvalue weighted by molar-refractivity contribution is 5.77. The summed E-state index contributed by atoms with van der Waals surface area (Å²) in [4.78, 5) is 3.47. The average molecular weight is 286 g/mol. The van der Waals surface area contributed by atoms with Gasteiger partial charge in [-0.2, -0.15) is 13.2 Å². The summed E-state index contributed by atoms with van der Waals surface area (Å²) in [6.45, 7) is 1.36. The van der Waals surface area contributed by atoms with Crippen molar-refractivity contribution in [3.8, 4) is 0 Å². The number of nitrogens with one attached hydrogen (secondary N) is 1. The summed E-state index contributed by atoms with van der Waals surface area (Å²) >= 11 is 0. The molecule has 0 bridgehead atoms. The summed E-state index contributed by atoms with van der Waals surface area (Å²) in [5.41, 5.74) is 1.04. The van der Waals surface area contributed by atoms with E-state index in [4.69, 9.17) is 4.74 Å². The second kappa shape index (κ2) is 4.97. The SMILES string of the molecule is FC(F)(F)c1nc2cc(N[C@@H]3CCCOC3)ccc2o1. The monoisotopic (exact) mass is 286 g/mol. The third kappa shape index (κ3) is 2.72. The molecule has 4 nitrogen and oxygen atoms in total. The molecule has 3 rings (SSSR count). The standard InChI is InChI=1S/C13H13F3N2O2/c14-13(15,16)12-18-10-6-8(3-4-11(10)20-12)17-9-2-1-5-19-7-9/h3-4,6,9,17H,1-2,5,7H2/t9-/m1/s1. The number of alkyl halides is 3. The van der Waals surface area contributed by atoms with Gasteiger partial charge in [-0.05, 0) is 31.0 Å². The van der Waals surface area contributed by atoms with Crippen LogP contribution in [0.4, 0.5) is 18.9 Å². The molecule has 1 aromatic heterocycles. The Kier molecular flexibility index (Phi) is 3.29. The zero-order valence-corrected chi connectivity index (χ0v) is 10.5. The molecule has 108 valence electrons. The van der Waals surface area contributed by atoms with E-state index in [-0.39, 0.29) is 17.1 Å². The lowest BCUT2D eigenvalue weighted by Crippen LogP contribution is -2.29. The van der Waals surface area contributed by atoms with Crippen molar-refractivity contribution in [3.63, 3.8) is 0 Å². The Hall–Kier alpha value is -1.76. The predicted octanol–water partition coefficient (Wildman–Crippen LogP) is 3.44. The van der Waals surface area contributed by atoms with Crippen molar-refractivity contribution in [3.05, 3.63) is 24.1 Å². The number of halogens is 3. The first-order chi connectivity index (χ1) is 9.52. The van der Waals surface area contributed by atoms with Crippen molar-refractivity contribution in [2.75, 3.05) is 18.5 Å². The van der Waals surface area contributed by atoms with Crippen molar-refractivity contribution >= 4 is 16.8 Å². The van der Waals surface area contributed by atoms with E-state index in [1.165, 1.54) is 6.07 Å². The normalized spacial score (nSPS) is 20.2. The van der Waals surface area contributed by atoms with Gasteiger partial charge in [0, 0.05) is 18.3 Å². The van der Waals surface area contributed by atoms with Gasteiger partial charge in [-0.1, -0.05) is 0 Å². The third-order valence-electron chi connectivity index (χ3n) is 3.16. The third-order valence-corrected chi connectivity index (χ3v) is 3.16. The number of fused-ring (bicyclic) bond motifs is 1. The van der Waals surface area contributed by atoms with Crippen LogP contribution in [0.15, 0.2) is 22.6 Å². The van der Waals surface area contributed by atoms with Crippen LogP contribution in [0.3, 0.4) is 0 Å². The number of anilines is 1. The molecule has 1 atom stereocenters. The van der Waals surface area contributed by atoms with Crippen LogP contribution in [0.25, 0.3) is 11.1 Å². The van der Waals surface area contributed by atoms with Crippen LogP contribution in [-0.4, -0.2) is 24.2 Å². The Morgan fingerprint density at radius 3 is 2.85 bits per heavy atom. The molecule has 0 aliphatic carbocycles. The molecule has 1 aromatic carbocycles. The summed E-state index contributed by atoms with van der Waals surface area (Å²) in [7, 11) is 0. The molecule has 7 heteroatoms. The van der Waals surface area contributed by atoms with Crippen LogP contribution in [0.1, 0.15) is 18.7 Å². The van der Waals surface area contributed by atoms with E-state index < -0.39 is 12.1 Å². The van der Waals surface area contributed by atoms with E-state index in [0.717, 1.165) is 25.1 Å².